The lowest BCUT2D eigenvalue weighted by atomic mass is 10.1. The largest absolute Gasteiger partial charge is 0.337 e. The van der Waals surface area contributed by atoms with E-state index in [-0.39, 0.29) is 5.91 Å². The summed E-state index contributed by atoms with van der Waals surface area (Å²) in [6.07, 6.45) is 3.47. The minimum absolute atomic E-state index is 0.00548. The Morgan fingerprint density at radius 3 is 2.25 bits per heavy atom. The maximum absolute atomic E-state index is 13.1. The lowest BCUT2D eigenvalue weighted by molar-refractivity contribution is 0.0735. The topological polar surface area (TPSA) is 85.0 Å². The van der Waals surface area contributed by atoms with Gasteiger partial charge < -0.3 is 9.80 Å². The number of carbonyl (C=O) groups is 1. The van der Waals surface area contributed by atoms with Gasteiger partial charge in [-0.15, -0.1) is 0 Å². The fourth-order valence-electron chi connectivity index (χ4n) is 3.66. The van der Waals surface area contributed by atoms with Crippen LogP contribution in [0.5, 0.6) is 0 Å². The van der Waals surface area contributed by atoms with Gasteiger partial charge in [-0.05, 0) is 26.0 Å². The summed E-state index contributed by atoms with van der Waals surface area (Å²) in [6, 6.07) is 3.67. The van der Waals surface area contributed by atoms with Crippen LogP contribution in [0.4, 0.5) is 5.95 Å². The summed E-state index contributed by atoms with van der Waals surface area (Å²) in [6.45, 7) is 6.65. The summed E-state index contributed by atoms with van der Waals surface area (Å²) in [5.74, 6) is 0.703. The van der Waals surface area contributed by atoms with E-state index in [0.29, 0.717) is 37.8 Å². The Morgan fingerprint density at radius 2 is 1.64 bits per heavy atom. The van der Waals surface area contributed by atoms with Crippen LogP contribution in [0.1, 0.15) is 21.9 Å². The van der Waals surface area contributed by atoms with Gasteiger partial charge in [-0.1, -0.05) is 0 Å². The molecular formula is C19H24N8O. The second kappa shape index (κ2) is 7.06. The van der Waals surface area contributed by atoms with E-state index >= 15 is 0 Å². The van der Waals surface area contributed by atoms with Crippen molar-refractivity contribution in [1.29, 1.82) is 0 Å². The first-order valence-electron chi connectivity index (χ1n) is 9.31. The van der Waals surface area contributed by atoms with Crippen molar-refractivity contribution in [3.63, 3.8) is 0 Å². The molecule has 4 heterocycles. The molecule has 0 bridgehead atoms. The molecule has 9 heteroatoms. The van der Waals surface area contributed by atoms with E-state index in [2.05, 4.69) is 25.1 Å². The highest BCUT2D eigenvalue weighted by molar-refractivity contribution is 5.94. The van der Waals surface area contributed by atoms with E-state index in [0.717, 1.165) is 22.6 Å². The Morgan fingerprint density at radius 1 is 0.964 bits per heavy atom. The molecule has 0 atom stereocenters. The van der Waals surface area contributed by atoms with Crippen LogP contribution in [-0.4, -0.2) is 66.5 Å². The molecule has 0 aliphatic carbocycles. The van der Waals surface area contributed by atoms with Crippen molar-refractivity contribution < 1.29 is 4.79 Å². The number of carbonyl (C=O) groups excluding carboxylic acids is 1. The fraction of sp³-hybridized carbons (Fsp3) is 0.421. The number of hydrogen-bond donors (Lipinski definition) is 0. The average Bonchev–Trinajstić information content (AvgIpc) is 3.20. The normalized spacial score (nSPS) is 14.6. The molecule has 0 N–H and O–H groups in total. The first-order valence-corrected chi connectivity index (χ1v) is 9.31. The van der Waals surface area contributed by atoms with Gasteiger partial charge in [-0.2, -0.15) is 10.2 Å². The minimum atomic E-state index is -0.00548. The van der Waals surface area contributed by atoms with Crippen molar-refractivity contribution in [3.8, 4) is 11.3 Å². The van der Waals surface area contributed by atoms with E-state index in [1.807, 2.05) is 43.6 Å². The molecule has 4 rings (SSSR count). The Bertz CT molecular complexity index is 999. The molecule has 1 amide bonds. The van der Waals surface area contributed by atoms with Gasteiger partial charge >= 0.3 is 0 Å². The second-order valence-electron chi connectivity index (χ2n) is 7.04. The number of piperazine rings is 1. The van der Waals surface area contributed by atoms with Crippen molar-refractivity contribution >= 4 is 11.9 Å². The summed E-state index contributed by atoms with van der Waals surface area (Å²) in [7, 11) is 3.72. The van der Waals surface area contributed by atoms with Gasteiger partial charge in [0.1, 0.15) is 5.69 Å². The number of rotatable bonds is 3. The molecule has 1 aliphatic rings. The molecule has 1 fully saturated rings. The number of amides is 1. The van der Waals surface area contributed by atoms with Crippen LogP contribution in [-0.2, 0) is 14.1 Å². The lowest BCUT2D eigenvalue weighted by Crippen LogP contribution is -2.49. The molecule has 146 valence electrons. The summed E-state index contributed by atoms with van der Waals surface area (Å²) in [5.41, 5.74) is 4.30. The minimum Gasteiger partial charge on any atom is -0.337 e. The SMILES string of the molecule is Cc1nn(C)c(C)c1-c1cc(C(=O)N2CCN(c3ncccn3)CC2)n(C)n1. The number of aryl methyl sites for hydroxylation is 3. The van der Waals surface area contributed by atoms with E-state index in [4.69, 9.17) is 0 Å². The highest BCUT2D eigenvalue weighted by Crippen LogP contribution is 2.26. The summed E-state index contributed by atoms with van der Waals surface area (Å²) in [5, 5.41) is 9.03. The smallest absolute Gasteiger partial charge is 0.272 e. The van der Waals surface area contributed by atoms with Gasteiger partial charge in [0.15, 0.2) is 0 Å². The van der Waals surface area contributed by atoms with Gasteiger partial charge in [0.2, 0.25) is 5.95 Å². The molecule has 28 heavy (non-hydrogen) atoms. The van der Waals surface area contributed by atoms with Crippen LogP contribution in [0, 0.1) is 13.8 Å². The van der Waals surface area contributed by atoms with Crippen molar-refractivity contribution in [2.24, 2.45) is 14.1 Å². The standard InChI is InChI=1S/C19H24N8O/c1-13-17(14(2)24(3)22-13)15-12-16(25(4)23-15)18(28)26-8-10-27(11-9-26)19-20-6-5-7-21-19/h5-7,12H,8-11H2,1-4H3. The lowest BCUT2D eigenvalue weighted by Gasteiger charge is -2.34. The quantitative estimate of drug-likeness (QED) is 0.679. The van der Waals surface area contributed by atoms with Crippen LogP contribution >= 0.6 is 0 Å². The summed E-state index contributed by atoms with van der Waals surface area (Å²) >= 11 is 0. The Balaban J connectivity index is 1.51. The average molecular weight is 380 g/mol. The van der Waals surface area contributed by atoms with Crippen LogP contribution in [0.25, 0.3) is 11.3 Å². The van der Waals surface area contributed by atoms with E-state index in [9.17, 15) is 4.79 Å². The van der Waals surface area contributed by atoms with E-state index in [1.54, 1.807) is 23.1 Å². The van der Waals surface area contributed by atoms with Gasteiger partial charge in [-0.25, -0.2) is 9.97 Å². The van der Waals surface area contributed by atoms with E-state index in [1.165, 1.54) is 0 Å². The Kier molecular flexibility index (Phi) is 4.58. The van der Waals surface area contributed by atoms with Crippen LogP contribution < -0.4 is 4.90 Å². The zero-order valence-corrected chi connectivity index (χ0v) is 16.6. The molecule has 1 saturated heterocycles. The number of nitrogens with zero attached hydrogens (tertiary/aromatic N) is 8. The highest BCUT2D eigenvalue weighted by Gasteiger charge is 2.26. The number of anilines is 1. The predicted octanol–water partition coefficient (Wildman–Crippen LogP) is 1.19. The molecule has 3 aromatic rings. The predicted molar refractivity (Wildman–Crippen MR) is 105 cm³/mol. The van der Waals surface area contributed by atoms with Crippen molar-refractivity contribution in [2.45, 2.75) is 13.8 Å². The highest BCUT2D eigenvalue weighted by atomic mass is 16.2. The maximum atomic E-state index is 13.1. The molecule has 0 aromatic carbocycles. The summed E-state index contributed by atoms with van der Waals surface area (Å²) in [4.78, 5) is 25.6. The van der Waals surface area contributed by atoms with Gasteiger partial charge in [0, 0.05) is 63.9 Å². The van der Waals surface area contributed by atoms with Gasteiger partial charge in [0.25, 0.3) is 5.91 Å². The van der Waals surface area contributed by atoms with Crippen molar-refractivity contribution in [3.05, 3.63) is 41.6 Å². The Hall–Kier alpha value is -3.23. The molecule has 0 spiro atoms. The molecule has 0 radical (unpaired) electrons. The molecule has 3 aromatic heterocycles. The first-order chi connectivity index (χ1) is 13.5. The summed E-state index contributed by atoms with van der Waals surface area (Å²) < 4.78 is 3.50. The zero-order valence-electron chi connectivity index (χ0n) is 16.6. The maximum Gasteiger partial charge on any atom is 0.272 e. The second-order valence-corrected chi connectivity index (χ2v) is 7.04. The van der Waals surface area contributed by atoms with Crippen LogP contribution in [0.15, 0.2) is 24.5 Å². The number of aromatic nitrogens is 6. The number of hydrogen-bond acceptors (Lipinski definition) is 6. The first kappa shape index (κ1) is 18.1. The Labute approximate surface area is 163 Å². The van der Waals surface area contributed by atoms with Crippen LogP contribution in [0.2, 0.25) is 0 Å². The molecule has 0 saturated carbocycles. The molecule has 0 unspecified atom stereocenters. The van der Waals surface area contributed by atoms with Gasteiger partial charge in [0.05, 0.1) is 11.4 Å². The fourth-order valence-corrected chi connectivity index (χ4v) is 3.66. The third kappa shape index (κ3) is 3.12. The molecule has 1 aliphatic heterocycles. The van der Waals surface area contributed by atoms with Crippen molar-refractivity contribution in [1.82, 2.24) is 34.4 Å². The monoisotopic (exact) mass is 380 g/mol. The molecule has 9 nitrogen and oxygen atoms in total. The zero-order chi connectivity index (χ0) is 19.8. The van der Waals surface area contributed by atoms with E-state index < -0.39 is 0 Å². The third-order valence-electron chi connectivity index (χ3n) is 5.27. The van der Waals surface area contributed by atoms with Crippen LogP contribution in [0.3, 0.4) is 0 Å². The third-order valence-corrected chi connectivity index (χ3v) is 5.27. The molecular weight excluding hydrogens is 356 g/mol. The van der Waals surface area contributed by atoms with Crippen molar-refractivity contribution in [2.75, 3.05) is 31.1 Å². The van der Waals surface area contributed by atoms with Gasteiger partial charge in [-0.3, -0.25) is 14.2 Å².